The number of ether oxygens (including phenoxy) is 1. The highest BCUT2D eigenvalue weighted by atomic mass is 16.5. The van der Waals surface area contributed by atoms with Crippen LogP contribution >= 0.6 is 0 Å². The number of hydrogen-bond donors (Lipinski definition) is 1. The third-order valence-corrected chi connectivity index (χ3v) is 5.15. The summed E-state index contributed by atoms with van der Waals surface area (Å²) in [6.45, 7) is 6.53. The van der Waals surface area contributed by atoms with Crippen LogP contribution in [0.4, 0.5) is 0 Å². The molecule has 3 atom stereocenters. The molecule has 1 saturated heterocycles. The summed E-state index contributed by atoms with van der Waals surface area (Å²) in [4.78, 5) is 11.4. The van der Waals surface area contributed by atoms with Crippen molar-refractivity contribution in [3.05, 3.63) is 0 Å². The molecule has 0 aromatic carbocycles. The Labute approximate surface area is 110 Å². The summed E-state index contributed by atoms with van der Waals surface area (Å²) in [5, 5.41) is 9.42. The Morgan fingerprint density at radius 2 is 1.94 bits per heavy atom. The molecule has 104 valence electrons. The van der Waals surface area contributed by atoms with Crippen LogP contribution in [-0.2, 0) is 9.53 Å². The summed E-state index contributed by atoms with van der Waals surface area (Å²) in [5.74, 6) is -0.478. The highest BCUT2D eigenvalue weighted by molar-refractivity contribution is 5.71. The Morgan fingerprint density at radius 1 is 1.33 bits per heavy atom. The van der Waals surface area contributed by atoms with Crippen molar-refractivity contribution in [3.8, 4) is 0 Å². The summed E-state index contributed by atoms with van der Waals surface area (Å²) < 4.78 is 6.19. The third-order valence-electron chi connectivity index (χ3n) is 5.15. The van der Waals surface area contributed by atoms with Crippen LogP contribution in [0.25, 0.3) is 0 Å². The molecule has 1 N–H and O–H groups in total. The average molecular weight is 254 g/mol. The Kier molecular flexibility index (Phi) is 4.00. The molecule has 3 unspecified atom stereocenters. The highest BCUT2D eigenvalue weighted by Gasteiger charge is 2.48. The maximum absolute atomic E-state index is 11.4. The fourth-order valence-electron chi connectivity index (χ4n) is 3.40. The van der Waals surface area contributed by atoms with Gasteiger partial charge in [0.05, 0.1) is 18.1 Å². The molecular weight excluding hydrogens is 228 g/mol. The van der Waals surface area contributed by atoms with Crippen molar-refractivity contribution in [3.63, 3.8) is 0 Å². The topological polar surface area (TPSA) is 46.5 Å². The molecule has 1 heterocycles. The van der Waals surface area contributed by atoms with Crippen molar-refractivity contribution in [2.75, 3.05) is 0 Å². The summed E-state index contributed by atoms with van der Waals surface area (Å²) in [6, 6.07) is 0. The minimum atomic E-state index is -0.665. The second kappa shape index (κ2) is 5.20. The van der Waals surface area contributed by atoms with Gasteiger partial charge in [-0.25, -0.2) is 0 Å². The van der Waals surface area contributed by atoms with Crippen LogP contribution < -0.4 is 0 Å². The first-order valence-electron chi connectivity index (χ1n) is 7.34. The second-order valence-corrected chi connectivity index (χ2v) is 6.66. The number of carboxylic acids is 1. The molecule has 2 rings (SSSR count). The van der Waals surface area contributed by atoms with E-state index in [2.05, 4.69) is 20.8 Å². The van der Waals surface area contributed by atoms with Crippen LogP contribution in [0.3, 0.4) is 0 Å². The van der Waals surface area contributed by atoms with Gasteiger partial charge in [0.2, 0.25) is 0 Å². The van der Waals surface area contributed by atoms with Gasteiger partial charge in [0.1, 0.15) is 0 Å². The van der Waals surface area contributed by atoms with E-state index in [1.807, 2.05) is 0 Å². The number of carboxylic acid groups (broad SMARTS) is 1. The maximum atomic E-state index is 11.4. The average Bonchev–Trinajstić information content (AvgIpc) is 2.97. The van der Waals surface area contributed by atoms with E-state index in [4.69, 9.17) is 4.74 Å². The molecule has 1 saturated carbocycles. The number of carbonyl (C=O) groups is 1. The monoisotopic (exact) mass is 254 g/mol. The van der Waals surface area contributed by atoms with E-state index < -0.39 is 5.97 Å². The van der Waals surface area contributed by atoms with Gasteiger partial charge in [-0.3, -0.25) is 4.79 Å². The zero-order valence-corrected chi connectivity index (χ0v) is 11.8. The fourth-order valence-corrected chi connectivity index (χ4v) is 3.40. The predicted molar refractivity (Wildman–Crippen MR) is 70.4 cm³/mol. The van der Waals surface area contributed by atoms with E-state index in [9.17, 15) is 9.90 Å². The van der Waals surface area contributed by atoms with Gasteiger partial charge in [-0.1, -0.05) is 33.6 Å². The van der Waals surface area contributed by atoms with Crippen molar-refractivity contribution in [1.29, 1.82) is 0 Å². The molecule has 18 heavy (non-hydrogen) atoms. The van der Waals surface area contributed by atoms with Crippen LogP contribution in [-0.4, -0.2) is 23.3 Å². The van der Waals surface area contributed by atoms with Crippen LogP contribution in [0.2, 0.25) is 0 Å². The minimum Gasteiger partial charge on any atom is -0.481 e. The van der Waals surface area contributed by atoms with Crippen LogP contribution in [0.1, 0.15) is 59.3 Å². The van der Waals surface area contributed by atoms with Gasteiger partial charge in [0.15, 0.2) is 0 Å². The van der Waals surface area contributed by atoms with Gasteiger partial charge >= 0.3 is 5.97 Å². The van der Waals surface area contributed by atoms with Crippen molar-refractivity contribution in [2.45, 2.75) is 71.5 Å². The van der Waals surface area contributed by atoms with Gasteiger partial charge < -0.3 is 9.84 Å². The fraction of sp³-hybridized carbons (Fsp3) is 0.933. The molecule has 2 fully saturated rings. The molecule has 0 spiro atoms. The van der Waals surface area contributed by atoms with E-state index in [0.29, 0.717) is 12.3 Å². The lowest BCUT2D eigenvalue weighted by atomic mass is 9.80. The Balaban J connectivity index is 2.10. The van der Waals surface area contributed by atoms with Crippen LogP contribution in [0.15, 0.2) is 0 Å². The van der Waals surface area contributed by atoms with Gasteiger partial charge in [-0.05, 0) is 37.0 Å². The SMILES string of the molecule is CCC(C)(C)C1CC(C(=O)O)C(C2CCCC2)O1. The van der Waals surface area contributed by atoms with Gasteiger partial charge in [-0.15, -0.1) is 0 Å². The lowest BCUT2D eigenvalue weighted by Crippen LogP contribution is -2.31. The standard InChI is InChI=1S/C15H26O3/c1-4-15(2,3)12-9-11(14(16)17)13(18-12)10-7-5-6-8-10/h10-13H,4-9H2,1-3H3,(H,16,17). The molecule has 0 bridgehead atoms. The van der Waals surface area contributed by atoms with E-state index in [1.54, 1.807) is 0 Å². The summed E-state index contributed by atoms with van der Waals surface area (Å²) in [5.41, 5.74) is 0.0844. The van der Waals surface area contributed by atoms with E-state index in [0.717, 1.165) is 19.3 Å². The van der Waals surface area contributed by atoms with Gasteiger partial charge in [0.25, 0.3) is 0 Å². The molecule has 0 amide bonds. The molecule has 0 aromatic heterocycles. The van der Waals surface area contributed by atoms with Crippen LogP contribution in [0.5, 0.6) is 0 Å². The number of rotatable bonds is 4. The number of aliphatic carboxylic acids is 1. The highest BCUT2D eigenvalue weighted by Crippen LogP contribution is 2.44. The maximum Gasteiger partial charge on any atom is 0.309 e. The first-order chi connectivity index (χ1) is 8.45. The van der Waals surface area contributed by atoms with E-state index >= 15 is 0 Å². The molecule has 1 aliphatic carbocycles. The molecule has 0 radical (unpaired) electrons. The van der Waals surface area contributed by atoms with Crippen molar-refractivity contribution in [2.24, 2.45) is 17.3 Å². The molecule has 3 heteroatoms. The first kappa shape index (κ1) is 13.9. The number of hydrogen-bond acceptors (Lipinski definition) is 2. The molecular formula is C15H26O3. The predicted octanol–water partition coefficient (Wildman–Crippen LogP) is 3.47. The Hall–Kier alpha value is -0.570. The van der Waals surface area contributed by atoms with E-state index in [1.165, 1.54) is 12.8 Å². The third kappa shape index (κ3) is 2.56. The Morgan fingerprint density at radius 3 is 2.44 bits per heavy atom. The van der Waals surface area contributed by atoms with E-state index in [-0.39, 0.29) is 23.5 Å². The van der Waals surface area contributed by atoms with Gasteiger partial charge in [0, 0.05) is 0 Å². The first-order valence-corrected chi connectivity index (χ1v) is 7.34. The normalized spacial score (nSPS) is 34.1. The zero-order chi connectivity index (χ0) is 13.3. The van der Waals surface area contributed by atoms with Crippen LogP contribution in [0, 0.1) is 17.3 Å². The molecule has 1 aliphatic heterocycles. The molecule has 3 nitrogen and oxygen atoms in total. The zero-order valence-electron chi connectivity index (χ0n) is 11.8. The lowest BCUT2D eigenvalue weighted by Gasteiger charge is -2.31. The van der Waals surface area contributed by atoms with Crippen molar-refractivity contribution >= 4 is 5.97 Å². The smallest absolute Gasteiger partial charge is 0.309 e. The summed E-state index contributed by atoms with van der Waals surface area (Å²) >= 11 is 0. The minimum absolute atomic E-state index is 0.0409. The summed E-state index contributed by atoms with van der Waals surface area (Å²) in [6.07, 6.45) is 6.55. The molecule has 2 aliphatic rings. The second-order valence-electron chi connectivity index (χ2n) is 6.66. The lowest BCUT2D eigenvalue weighted by molar-refractivity contribution is -0.145. The largest absolute Gasteiger partial charge is 0.481 e. The molecule has 0 aromatic rings. The summed E-state index contributed by atoms with van der Waals surface area (Å²) in [7, 11) is 0. The van der Waals surface area contributed by atoms with Crippen molar-refractivity contribution in [1.82, 2.24) is 0 Å². The Bertz CT molecular complexity index is 305. The quantitative estimate of drug-likeness (QED) is 0.835. The van der Waals surface area contributed by atoms with Crippen molar-refractivity contribution < 1.29 is 14.6 Å². The van der Waals surface area contributed by atoms with Gasteiger partial charge in [-0.2, -0.15) is 0 Å².